The van der Waals surface area contributed by atoms with E-state index in [4.69, 9.17) is 9.52 Å². The fourth-order valence-corrected chi connectivity index (χ4v) is 2.39. The minimum Gasteiger partial charge on any atom is -0.461 e. The van der Waals surface area contributed by atoms with E-state index >= 15 is 0 Å². The molecule has 1 rings (SSSR count). The molecule has 0 radical (unpaired) electrons. The number of nitrogens with one attached hydrogen (secondary N) is 1. The maximum absolute atomic E-state index is 11.5. The van der Waals surface area contributed by atoms with Gasteiger partial charge in [0.15, 0.2) is 0 Å². The van der Waals surface area contributed by atoms with Gasteiger partial charge in [0.25, 0.3) is 0 Å². The fourth-order valence-electron chi connectivity index (χ4n) is 1.63. The molecule has 19 heavy (non-hydrogen) atoms. The third-order valence-corrected chi connectivity index (χ3v) is 3.73. The number of carbonyl (C=O) groups is 1. The SMILES string of the molecule is CS(=N)(=O)CCCCCC(=O)OCc1ccccc1. The van der Waals surface area contributed by atoms with Crippen molar-refractivity contribution in [1.82, 2.24) is 0 Å². The van der Waals surface area contributed by atoms with Crippen LogP contribution in [0.15, 0.2) is 30.3 Å². The van der Waals surface area contributed by atoms with Crippen LogP contribution in [0.25, 0.3) is 0 Å². The number of rotatable bonds is 8. The molecule has 5 heteroatoms. The highest BCUT2D eigenvalue weighted by Crippen LogP contribution is 2.06. The summed E-state index contributed by atoms with van der Waals surface area (Å²) >= 11 is 0. The number of benzene rings is 1. The Hall–Kier alpha value is -1.36. The van der Waals surface area contributed by atoms with Gasteiger partial charge in [-0.3, -0.25) is 13.8 Å². The number of hydrogen-bond donors (Lipinski definition) is 1. The molecule has 1 aromatic rings. The molecule has 0 aliphatic carbocycles. The van der Waals surface area contributed by atoms with Crippen molar-refractivity contribution in [3.05, 3.63) is 35.9 Å². The summed E-state index contributed by atoms with van der Waals surface area (Å²) in [5, 5.41) is 0. The Morgan fingerprint density at radius 1 is 1.21 bits per heavy atom. The molecule has 0 aromatic heterocycles. The lowest BCUT2D eigenvalue weighted by Crippen LogP contribution is -2.05. The number of unbranched alkanes of at least 4 members (excludes halogenated alkanes) is 2. The van der Waals surface area contributed by atoms with E-state index in [9.17, 15) is 9.00 Å². The fraction of sp³-hybridized carbons (Fsp3) is 0.500. The van der Waals surface area contributed by atoms with Crippen LogP contribution in [0.1, 0.15) is 31.2 Å². The summed E-state index contributed by atoms with van der Waals surface area (Å²) in [5.41, 5.74) is 0.982. The van der Waals surface area contributed by atoms with Crippen molar-refractivity contribution in [2.24, 2.45) is 0 Å². The molecule has 1 N–H and O–H groups in total. The first kappa shape index (κ1) is 15.7. The zero-order chi connectivity index (χ0) is 14.1. The largest absolute Gasteiger partial charge is 0.461 e. The summed E-state index contributed by atoms with van der Waals surface area (Å²) in [6.45, 7) is 0.315. The van der Waals surface area contributed by atoms with Crippen molar-refractivity contribution in [2.75, 3.05) is 12.0 Å². The van der Waals surface area contributed by atoms with Crippen LogP contribution in [0.4, 0.5) is 0 Å². The molecule has 0 heterocycles. The van der Waals surface area contributed by atoms with Crippen molar-refractivity contribution >= 4 is 15.7 Å². The van der Waals surface area contributed by atoms with Crippen LogP contribution in [0.2, 0.25) is 0 Å². The van der Waals surface area contributed by atoms with E-state index < -0.39 is 9.73 Å². The molecular formula is C14H21NO3S. The summed E-state index contributed by atoms with van der Waals surface area (Å²) in [6, 6.07) is 9.57. The zero-order valence-electron chi connectivity index (χ0n) is 11.3. The number of hydrogen-bond acceptors (Lipinski definition) is 4. The molecule has 106 valence electrons. The molecule has 0 aliphatic heterocycles. The van der Waals surface area contributed by atoms with Crippen LogP contribution in [0.3, 0.4) is 0 Å². The molecular weight excluding hydrogens is 262 g/mol. The lowest BCUT2D eigenvalue weighted by atomic mass is 10.2. The van der Waals surface area contributed by atoms with Crippen LogP contribution < -0.4 is 0 Å². The van der Waals surface area contributed by atoms with Crippen molar-refractivity contribution in [3.63, 3.8) is 0 Å². The number of carbonyl (C=O) groups excluding carboxylic acids is 1. The summed E-state index contributed by atoms with van der Waals surface area (Å²) < 4.78 is 23.5. The van der Waals surface area contributed by atoms with Gasteiger partial charge in [0.1, 0.15) is 6.61 Å². The predicted molar refractivity (Wildman–Crippen MR) is 76.4 cm³/mol. The first-order valence-corrected chi connectivity index (χ1v) is 8.52. The first-order valence-electron chi connectivity index (χ1n) is 6.38. The Kier molecular flexibility index (Phi) is 6.56. The van der Waals surface area contributed by atoms with Crippen LogP contribution in [-0.2, 0) is 25.9 Å². The molecule has 0 spiro atoms. The lowest BCUT2D eigenvalue weighted by molar-refractivity contribution is -0.145. The average molecular weight is 283 g/mol. The normalized spacial score (nSPS) is 13.7. The molecule has 0 fully saturated rings. The second-order valence-electron chi connectivity index (χ2n) is 4.67. The molecule has 1 aromatic carbocycles. The Bertz CT molecular complexity index is 483. The highest BCUT2D eigenvalue weighted by molar-refractivity contribution is 7.91. The van der Waals surface area contributed by atoms with E-state index in [1.807, 2.05) is 30.3 Å². The van der Waals surface area contributed by atoms with E-state index in [0.717, 1.165) is 24.8 Å². The maximum atomic E-state index is 11.5. The van der Waals surface area contributed by atoms with Gasteiger partial charge in [-0.25, -0.2) is 0 Å². The smallest absolute Gasteiger partial charge is 0.306 e. The van der Waals surface area contributed by atoms with E-state index in [0.29, 0.717) is 18.8 Å². The van der Waals surface area contributed by atoms with Crippen LogP contribution in [0.5, 0.6) is 0 Å². The van der Waals surface area contributed by atoms with Crippen LogP contribution in [-0.4, -0.2) is 22.2 Å². The molecule has 0 amide bonds. The minimum absolute atomic E-state index is 0.202. The highest BCUT2D eigenvalue weighted by Gasteiger charge is 2.04. The highest BCUT2D eigenvalue weighted by atomic mass is 32.2. The molecule has 0 aliphatic rings. The Balaban J connectivity index is 2.09. The lowest BCUT2D eigenvalue weighted by Gasteiger charge is -2.05. The molecule has 1 atom stereocenters. The van der Waals surface area contributed by atoms with E-state index in [2.05, 4.69) is 0 Å². The third kappa shape index (κ3) is 8.37. The Morgan fingerprint density at radius 2 is 1.89 bits per heavy atom. The second-order valence-corrected chi connectivity index (χ2v) is 7.08. The Morgan fingerprint density at radius 3 is 2.53 bits per heavy atom. The summed E-state index contributed by atoms with van der Waals surface area (Å²) in [6.07, 6.45) is 4.09. The van der Waals surface area contributed by atoms with Gasteiger partial charge in [-0.2, -0.15) is 0 Å². The van der Waals surface area contributed by atoms with Crippen molar-refractivity contribution < 1.29 is 13.7 Å². The number of ether oxygens (including phenoxy) is 1. The minimum atomic E-state index is -2.39. The zero-order valence-corrected chi connectivity index (χ0v) is 12.1. The predicted octanol–water partition coefficient (Wildman–Crippen LogP) is 2.97. The molecule has 0 saturated heterocycles. The average Bonchev–Trinajstić information content (AvgIpc) is 2.36. The maximum Gasteiger partial charge on any atom is 0.306 e. The van der Waals surface area contributed by atoms with E-state index in [1.165, 1.54) is 6.26 Å². The topological polar surface area (TPSA) is 67.2 Å². The van der Waals surface area contributed by atoms with Crippen molar-refractivity contribution in [1.29, 1.82) is 4.78 Å². The third-order valence-electron chi connectivity index (χ3n) is 2.66. The molecule has 0 bridgehead atoms. The standard InChI is InChI=1S/C14H21NO3S/c1-19(15,17)11-7-3-6-10-14(16)18-12-13-8-4-2-5-9-13/h2,4-5,8-9,15H,3,6-7,10-12H2,1H3. The first-order chi connectivity index (χ1) is 8.97. The van der Waals surface area contributed by atoms with Gasteiger partial charge in [-0.15, -0.1) is 0 Å². The summed E-state index contributed by atoms with van der Waals surface area (Å²) in [5.74, 6) is 0.207. The van der Waals surface area contributed by atoms with Gasteiger partial charge in [0, 0.05) is 28.2 Å². The van der Waals surface area contributed by atoms with E-state index in [1.54, 1.807) is 0 Å². The van der Waals surface area contributed by atoms with Gasteiger partial charge in [0.05, 0.1) is 0 Å². The van der Waals surface area contributed by atoms with Crippen LogP contribution >= 0.6 is 0 Å². The number of esters is 1. The molecule has 4 nitrogen and oxygen atoms in total. The van der Waals surface area contributed by atoms with Crippen LogP contribution in [0, 0.1) is 4.78 Å². The van der Waals surface area contributed by atoms with Gasteiger partial charge in [0.2, 0.25) is 0 Å². The summed E-state index contributed by atoms with van der Waals surface area (Å²) in [4.78, 5) is 11.5. The van der Waals surface area contributed by atoms with E-state index in [-0.39, 0.29) is 5.97 Å². The van der Waals surface area contributed by atoms with Gasteiger partial charge in [-0.1, -0.05) is 36.8 Å². The summed E-state index contributed by atoms with van der Waals surface area (Å²) in [7, 11) is -2.39. The molecule has 0 saturated carbocycles. The van der Waals surface area contributed by atoms with Crippen molar-refractivity contribution in [2.45, 2.75) is 32.3 Å². The Labute approximate surface area is 115 Å². The second kappa shape index (κ2) is 7.94. The van der Waals surface area contributed by atoms with Gasteiger partial charge < -0.3 is 4.74 Å². The quantitative estimate of drug-likeness (QED) is 0.589. The van der Waals surface area contributed by atoms with Crippen molar-refractivity contribution in [3.8, 4) is 0 Å². The monoisotopic (exact) mass is 283 g/mol. The van der Waals surface area contributed by atoms with Gasteiger partial charge in [-0.05, 0) is 18.4 Å². The molecule has 1 unspecified atom stereocenters. The van der Waals surface area contributed by atoms with Gasteiger partial charge >= 0.3 is 5.97 Å².